The molecule has 1 heterocycles. The van der Waals surface area contributed by atoms with E-state index in [2.05, 4.69) is 0 Å². The second-order valence-corrected chi connectivity index (χ2v) is 5.57. The van der Waals surface area contributed by atoms with E-state index < -0.39 is 17.8 Å². The number of halogens is 1. The zero-order chi connectivity index (χ0) is 17.4. The first kappa shape index (κ1) is 16.0. The molecule has 0 aliphatic carbocycles. The topological polar surface area (TPSA) is 72.9 Å². The van der Waals surface area contributed by atoms with Crippen LogP contribution < -0.4 is 4.74 Å². The number of imide groups is 1. The van der Waals surface area contributed by atoms with Crippen molar-refractivity contribution >= 4 is 29.4 Å². The Bertz CT molecular complexity index is 842. The largest absolute Gasteiger partial charge is 0.496 e. The fourth-order valence-corrected chi connectivity index (χ4v) is 2.81. The molecule has 3 rings (SSSR count). The summed E-state index contributed by atoms with van der Waals surface area (Å²) in [6, 6.07) is 9.21. The second-order valence-electron chi connectivity index (χ2n) is 5.13. The van der Waals surface area contributed by atoms with Gasteiger partial charge in [-0.2, -0.15) is 0 Å². The first-order chi connectivity index (χ1) is 11.4. The van der Waals surface area contributed by atoms with Gasteiger partial charge in [-0.05, 0) is 36.8 Å². The van der Waals surface area contributed by atoms with Gasteiger partial charge in [-0.1, -0.05) is 28.8 Å². The summed E-state index contributed by atoms with van der Waals surface area (Å²) in [7, 11) is 1.40. The third-order valence-corrected chi connectivity index (χ3v) is 3.81. The maximum absolute atomic E-state index is 12.4. The number of carbonyl (C=O) groups is 3. The molecule has 1 aliphatic rings. The molecule has 0 unspecified atom stereocenters. The number of benzene rings is 2. The summed E-state index contributed by atoms with van der Waals surface area (Å²) in [6.07, 6.45) is 0. The van der Waals surface area contributed by atoms with Crippen LogP contribution >= 0.6 is 11.6 Å². The van der Waals surface area contributed by atoms with Gasteiger partial charge in [0.1, 0.15) is 11.3 Å². The summed E-state index contributed by atoms with van der Waals surface area (Å²) >= 11 is 5.96. The van der Waals surface area contributed by atoms with Crippen molar-refractivity contribution in [2.75, 3.05) is 7.11 Å². The maximum atomic E-state index is 12.4. The zero-order valence-electron chi connectivity index (χ0n) is 12.8. The van der Waals surface area contributed by atoms with E-state index in [0.29, 0.717) is 15.6 Å². The average molecular weight is 346 g/mol. The Morgan fingerprint density at radius 1 is 1.08 bits per heavy atom. The number of carbonyl (C=O) groups excluding carboxylic acids is 3. The molecular weight excluding hydrogens is 334 g/mol. The van der Waals surface area contributed by atoms with Crippen LogP contribution in [0.3, 0.4) is 0 Å². The van der Waals surface area contributed by atoms with Gasteiger partial charge in [0.2, 0.25) is 0 Å². The number of hydrogen-bond donors (Lipinski definition) is 0. The van der Waals surface area contributed by atoms with Crippen molar-refractivity contribution in [1.82, 2.24) is 5.06 Å². The number of amides is 2. The van der Waals surface area contributed by atoms with E-state index in [9.17, 15) is 14.4 Å². The molecule has 0 fully saturated rings. The number of nitrogens with zero attached hydrogens (tertiary/aromatic N) is 1. The average Bonchev–Trinajstić information content (AvgIpc) is 2.79. The molecule has 0 saturated carbocycles. The minimum Gasteiger partial charge on any atom is -0.496 e. The van der Waals surface area contributed by atoms with Gasteiger partial charge in [-0.15, -0.1) is 0 Å². The van der Waals surface area contributed by atoms with Gasteiger partial charge in [-0.25, -0.2) is 4.79 Å². The van der Waals surface area contributed by atoms with Crippen LogP contribution in [0.2, 0.25) is 5.02 Å². The van der Waals surface area contributed by atoms with Gasteiger partial charge < -0.3 is 9.57 Å². The Hall–Kier alpha value is -2.86. The Labute approximate surface area is 142 Å². The lowest BCUT2D eigenvalue weighted by Crippen LogP contribution is -2.32. The number of rotatable bonds is 3. The third kappa shape index (κ3) is 2.51. The van der Waals surface area contributed by atoms with E-state index in [1.807, 2.05) is 0 Å². The van der Waals surface area contributed by atoms with Crippen molar-refractivity contribution in [1.29, 1.82) is 0 Å². The fourth-order valence-electron chi connectivity index (χ4n) is 2.53. The Morgan fingerprint density at radius 2 is 1.67 bits per heavy atom. The van der Waals surface area contributed by atoms with Gasteiger partial charge in [-0.3, -0.25) is 9.59 Å². The lowest BCUT2D eigenvalue weighted by molar-refractivity contribution is -0.0586. The minimum absolute atomic E-state index is 0.0269. The smallest absolute Gasteiger partial charge is 0.367 e. The van der Waals surface area contributed by atoms with Crippen molar-refractivity contribution in [2.45, 2.75) is 6.92 Å². The standard InChI is InChI=1S/C17H12ClNO5/c1-9-7-10(18)8-13(14(9)23-2)17(22)24-19-15(20)11-5-3-4-6-12(11)16(19)21/h3-8H,1-2H3. The van der Waals surface area contributed by atoms with E-state index >= 15 is 0 Å². The third-order valence-electron chi connectivity index (χ3n) is 3.59. The predicted molar refractivity (Wildman–Crippen MR) is 85.1 cm³/mol. The molecule has 2 aromatic rings. The molecule has 0 N–H and O–H groups in total. The van der Waals surface area contributed by atoms with Crippen LogP contribution in [-0.2, 0) is 4.84 Å². The number of hydrogen-bond acceptors (Lipinski definition) is 5. The van der Waals surface area contributed by atoms with Gasteiger partial charge in [0.25, 0.3) is 11.8 Å². The SMILES string of the molecule is COc1c(C)cc(Cl)cc1C(=O)ON1C(=O)c2ccccc2C1=O. The summed E-state index contributed by atoms with van der Waals surface area (Å²) in [4.78, 5) is 41.9. The molecule has 6 nitrogen and oxygen atoms in total. The monoisotopic (exact) mass is 345 g/mol. The molecule has 2 aromatic carbocycles. The van der Waals surface area contributed by atoms with E-state index in [0.717, 1.165) is 0 Å². The van der Waals surface area contributed by atoms with Crippen LogP contribution in [-0.4, -0.2) is 30.0 Å². The van der Waals surface area contributed by atoms with Crippen LogP contribution in [0.15, 0.2) is 36.4 Å². The highest BCUT2D eigenvalue weighted by molar-refractivity contribution is 6.31. The minimum atomic E-state index is -0.910. The Balaban J connectivity index is 1.92. The zero-order valence-corrected chi connectivity index (χ0v) is 13.6. The number of methoxy groups -OCH3 is 1. The van der Waals surface area contributed by atoms with Gasteiger partial charge in [0.15, 0.2) is 0 Å². The molecule has 0 saturated heterocycles. The van der Waals surface area contributed by atoms with Crippen molar-refractivity contribution in [2.24, 2.45) is 0 Å². The number of aryl methyl sites for hydroxylation is 1. The molecule has 0 radical (unpaired) electrons. The molecular formula is C17H12ClNO5. The van der Waals surface area contributed by atoms with E-state index in [1.165, 1.54) is 25.3 Å². The van der Waals surface area contributed by atoms with E-state index in [4.69, 9.17) is 21.2 Å². The normalized spacial score (nSPS) is 13.0. The highest BCUT2D eigenvalue weighted by Crippen LogP contribution is 2.29. The van der Waals surface area contributed by atoms with Crippen molar-refractivity contribution in [3.05, 3.63) is 63.7 Å². The predicted octanol–water partition coefficient (Wildman–Crippen LogP) is 3.03. The summed E-state index contributed by atoms with van der Waals surface area (Å²) in [5, 5.41) is 0.755. The van der Waals surface area contributed by atoms with Crippen molar-refractivity contribution < 1.29 is 24.0 Å². The molecule has 2 amide bonds. The van der Waals surface area contributed by atoms with Crippen LogP contribution in [0.1, 0.15) is 36.6 Å². The Kier molecular flexibility index (Phi) is 3.99. The first-order valence-corrected chi connectivity index (χ1v) is 7.36. The van der Waals surface area contributed by atoms with Crippen molar-refractivity contribution in [3.8, 4) is 5.75 Å². The molecule has 7 heteroatoms. The van der Waals surface area contributed by atoms with Gasteiger partial charge >= 0.3 is 5.97 Å². The number of fused-ring (bicyclic) bond motifs is 1. The van der Waals surface area contributed by atoms with Crippen LogP contribution in [0.4, 0.5) is 0 Å². The van der Waals surface area contributed by atoms with Crippen LogP contribution in [0.5, 0.6) is 5.75 Å². The van der Waals surface area contributed by atoms with Gasteiger partial charge in [0, 0.05) is 5.02 Å². The second kappa shape index (κ2) is 5.98. The molecule has 0 spiro atoms. The van der Waals surface area contributed by atoms with Crippen LogP contribution in [0, 0.1) is 6.92 Å². The molecule has 1 aliphatic heterocycles. The van der Waals surface area contributed by atoms with Crippen LogP contribution in [0.25, 0.3) is 0 Å². The quantitative estimate of drug-likeness (QED) is 0.799. The highest BCUT2D eigenvalue weighted by atomic mass is 35.5. The lowest BCUT2D eigenvalue weighted by Gasteiger charge is -2.15. The maximum Gasteiger partial charge on any atom is 0.367 e. The van der Waals surface area contributed by atoms with Gasteiger partial charge in [0.05, 0.1) is 18.2 Å². The summed E-state index contributed by atoms with van der Waals surface area (Å²) in [6.45, 7) is 1.71. The molecule has 0 aromatic heterocycles. The number of ether oxygens (including phenoxy) is 1. The van der Waals surface area contributed by atoms with E-state index in [1.54, 1.807) is 25.1 Å². The highest BCUT2D eigenvalue weighted by Gasteiger charge is 2.39. The summed E-state index contributed by atoms with van der Waals surface area (Å²) < 4.78 is 5.18. The van der Waals surface area contributed by atoms with E-state index in [-0.39, 0.29) is 22.4 Å². The Morgan fingerprint density at radius 3 is 2.21 bits per heavy atom. The lowest BCUT2D eigenvalue weighted by atomic mass is 10.1. The summed E-state index contributed by atoms with van der Waals surface area (Å²) in [5.41, 5.74) is 1.02. The first-order valence-electron chi connectivity index (χ1n) is 6.98. The van der Waals surface area contributed by atoms with Crippen molar-refractivity contribution in [3.63, 3.8) is 0 Å². The summed E-state index contributed by atoms with van der Waals surface area (Å²) in [5.74, 6) is -2.03. The molecule has 0 atom stereocenters. The molecule has 24 heavy (non-hydrogen) atoms. The molecule has 122 valence electrons. The molecule has 0 bridgehead atoms. The number of hydroxylamine groups is 2. The fraction of sp³-hybridized carbons (Fsp3) is 0.118.